The number of aliphatic imine (C=N–C) groups is 1. The lowest BCUT2D eigenvalue weighted by Gasteiger charge is -2.20. The van der Waals surface area contributed by atoms with Crippen molar-refractivity contribution in [2.45, 2.75) is 32.9 Å². The van der Waals surface area contributed by atoms with Gasteiger partial charge in [0, 0.05) is 38.4 Å². The Morgan fingerprint density at radius 3 is 2.52 bits per heavy atom. The number of nitrogens with zero attached hydrogens (tertiary/aromatic N) is 2. The van der Waals surface area contributed by atoms with Crippen molar-refractivity contribution in [1.29, 1.82) is 0 Å². The molecule has 1 rings (SSSR count). The molecule has 0 bridgehead atoms. The van der Waals surface area contributed by atoms with Gasteiger partial charge in [-0.1, -0.05) is 6.07 Å². The second kappa shape index (κ2) is 11.7. The fourth-order valence-electron chi connectivity index (χ4n) is 1.80. The number of hydrogen-bond donors (Lipinski definition) is 3. The van der Waals surface area contributed by atoms with Gasteiger partial charge in [-0.25, -0.2) is 9.78 Å². The van der Waals surface area contributed by atoms with E-state index in [1.165, 1.54) is 0 Å². The number of hydrogen-bond acceptors (Lipinski definition) is 5. The predicted octanol–water partition coefficient (Wildman–Crippen LogP) is 1.90. The maximum absolute atomic E-state index is 11.5. The normalized spacial score (nSPS) is 11.2. The zero-order valence-corrected chi connectivity index (χ0v) is 17.7. The molecule has 3 N–H and O–H groups in total. The monoisotopic (exact) mass is 465 g/mol. The molecule has 1 aromatic rings. The van der Waals surface area contributed by atoms with Gasteiger partial charge in [0.1, 0.15) is 5.60 Å². The van der Waals surface area contributed by atoms with Gasteiger partial charge in [0.25, 0.3) is 0 Å². The van der Waals surface area contributed by atoms with Crippen molar-refractivity contribution >= 4 is 36.0 Å². The van der Waals surface area contributed by atoms with Gasteiger partial charge in [0.2, 0.25) is 5.88 Å². The highest BCUT2D eigenvalue weighted by molar-refractivity contribution is 14.0. The first-order chi connectivity index (χ1) is 11.4. The molecule has 8 nitrogen and oxygen atoms in total. The maximum Gasteiger partial charge on any atom is 0.407 e. The molecule has 0 fully saturated rings. The number of rotatable bonds is 6. The van der Waals surface area contributed by atoms with E-state index in [0.717, 1.165) is 5.56 Å². The van der Waals surface area contributed by atoms with Crippen LogP contribution in [0.3, 0.4) is 0 Å². The van der Waals surface area contributed by atoms with Crippen LogP contribution < -0.4 is 20.7 Å². The first-order valence-corrected chi connectivity index (χ1v) is 7.75. The minimum absolute atomic E-state index is 0. The molecule has 0 unspecified atom stereocenters. The fourth-order valence-corrected chi connectivity index (χ4v) is 1.80. The van der Waals surface area contributed by atoms with Crippen molar-refractivity contribution in [3.05, 3.63) is 23.9 Å². The van der Waals surface area contributed by atoms with E-state index in [0.29, 0.717) is 31.5 Å². The predicted molar refractivity (Wildman–Crippen MR) is 109 cm³/mol. The lowest BCUT2D eigenvalue weighted by atomic mass is 10.2. The van der Waals surface area contributed by atoms with Crippen molar-refractivity contribution in [3.8, 4) is 5.88 Å². The summed E-state index contributed by atoms with van der Waals surface area (Å²) in [6, 6.07) is 3.77. The molecule has 0 radical (unpaired) electrons. The largest absolute Gasteiger partial charge is 0.481 e. The third-order valence-corrected chi connectivity index (χ3v) is 2.80. The molecule has 0 aromatic carbocycles. The molecule has 0 spiro atoms. The van der Waals surface area contributed by atoms with E-state index in [-0.39, 0.29) is 24.0 Å². The number of ether oxygens (including phenoxy) is 2. The number of alkyl carbamates (subject to hydrolysis) is 1. The van der Waals surface area contributed by atoms with Crippen molar-refractivity contribution in [3.63, 3.8) is 0 Å². The highest BCUT2D eigenvalue weighted by Gasteiger charge is 2.15. The number of carbonyl (C=O) groups is 1. The van der Waals surface area contributed by atoms with Gasteiger partial charge in [0.15, 0.2) is 5.96 Å². The van der Waals surface area contributed by atoms with Crippen LogP contribution in [0.2, 0.25) is 0 Å². The molecule has 0 atom stereocenters. The molecular formula is C16H28IN5O3. The van der Waals surface area contributed by atoms with Crippen LogP contribution >= 0.6 is 24.0 Å². The number of guanidine groups is 1. The number of methoxy groups -OCH3 is 1. The van der Waals surface area contributed by atoms with Gasteiger partial charge >= 0.3 is 6.09 Å². The molecule has 1 amide bonds. The summed E-state index contributed by atoms with van der Waals surface area (Å²) in [5, 5.41) is 8.94. The zero-order valence-electron chi connectivity index (χ0n) is 15.4. The first-order valence-electron chi connectivity index (χ1n) is 7.75. The minimum Gasteiger partial charge on any atom is -0.481 e. The van der Waals surface area contributed by atoms with Crippen LogP contribution in [0.25, 0.3) is 0 Å². The van der Waals surface area contributed by atoms with Crippen molar-refractivity contribution in [1.82, 2.24) is 20.9 Å². The number of nitrogens with one attached hydrogen (secondary N) is 3. The standard InChI is InChI=1S/C16H27N5O3.HI/c1-16(2,3)24-15(22)20-10-9-19-14(17-4)21-11-12-7-6-8-18-13(12)23-5;/h6-8H,9-11H2,1-5H3,(H,20,22)(H2,17,19,21);1H. The lowest BCUT2D eigenvalue weighted by molar-refractivity contribution is 0.0529. The fraction of sp³-hybridized carbons (Fsp3) is 0.562. The Balaban J connectivity index is 0.00000576. The van der Waals surface area contributed by atoms with Crippen LogP contribution in [0, 0.1) is 0 Å². The third-order valence-electron chi connectivity index (χ3n) is 2.80. The number of halogens is 1. The lowest BCUT2D eigenvalue weighted by Crippen LogP contribution is -2.42. The summed E-state index contributed by atoms with van der Waals surface area (Å²) in [7, 11) is 3.26. The van der Waals surface area contributed by atoms with Crippen molar-refractivity contribution < 1.29 is 14.3 Å². The summed E-state index contributed by atoms with van der Waals surface area (Å²) >= 11 is 0. The van der Waals surface area contributed by atoms with E-state index < -0.39 is 11.7 Å². The van der Waals surface area contributed by atoms with Crippen LogP contribution in [0.1, 0.15) is 26.3 Å². The number of pyridine rings is 1. The van der Waals surface area contributed by atoms with Crippen LogP contribution in [-0.4, -0.2) is 49.9 Å². The minimum atomic E-state index is -0.502. The average molecular weight is 465 g/mol. The van der Waals surface area contributed by atoms with Crippen LogP contribution in [0.5, 0.6) is 5.88 Å². The second-order valence-electron chi connectivity index (χ2n) is 5.95. The Kier molecular flexibility index (Phi) is 10.9. The van der Waals surface area contributed by atoms with Gasteiger partial charge < -0.3 is 25.4 Å². The van der Waals surface area contributed by atoms with E-state index in [1.54, 1.807) is 20.4 Å². The Bertz CT molecular complexity index is 561. The Labute approximate surface area is 166 Å². The Hall–Kier alpha value is -1.78. The second-order valence-corrected chi connectivity index (χ2v) is 5.95. The summed E-state index contributed by atoms with van der Waals surface area (Å²) in [6.07, 6.45) is 1.24. The van der Waals surface area contributed by atoms with E-state index in [4.69, 9.17) is 9.47 Å². The highest BCUT2D eigenvalue weighted by atomic mass is 127. The molecule has 0 aliphatic heterocycles. The summed E-state index contributed by atoms with van der Waals surface area (Å²) in [6.45, 7) is 6.93. The molecule has 9 heteroatoms. The SMILES string of the molecule is CN=C(NCCNC(=O)OC(C)(C)C)NCc1cccnc1OC.I. The molecule has 25 heavy (non-hydrogen) atoms. The van der Waals surface area contributed by atoms with Gasteiger partial charge in [-0.05, 0) is 26.8 Å². The molecule has 0 aliphatic carbocycles. The molecule has 0 aliphatic rings. The molecule has 1 heterocycles. The topological polar surface area (TPSA) is 96.9 Å². The molecule has 0 saturated heterocycles. The van der Waals surface area contributed by atoms with Gasteiger partial charge in [-0.3, -0.25) is 4.99 Å². The van der Waals surface area contributed by atoms with E-state index in [9.17, 15) is 4.79 Å². The zero-order chi connectivity index (χ0) is 18.0. The number of carbonyl (C=O) groups excluding carboxylic acids is 1. The van der Waals surface area contributed by atoms with Crippen LogP contribution in [0.4, 0.5) is 4.79 Å². The van der Waals surface area contributed by atoms with Gasteiger partial charge in [-0.2, -0.15) is 0 Å². The number of amides is 1. The number of aromatic nitrogens is 1. The summed E-state index contributed by atoms with van der Waals surface area (Å²) in [5.41, 5.74) is 0.424. The van der Waals surface area contributed by atoms with Crippen molar-refractivity contribution in [2.24, 2.45) is 4.99 Å². The van der Waals surface area contributed by atoms with Crippen molar-refractivity contribution in [2.75, 3.05) is 27.2 Å². The van der Waals surface area contributed by atoms with E-state index in [1.807, 2.05) is 32.9 Å². The molecule has 142 valence electrons. The molecule has 1 aromatic heterocycles. The van der Waals surface area contributed by atoms with Gasteiger partial charge in [-0.15, -0.1) is 24.0 Å². The average Bonchev–Trinajstić information content (AvgIpc) is 2.52. The van der Waals surface area contributed by atoms with E-state index in [2.05, 4.69) is 25.9 Å². The van der Waals surface area contributed by atoms with Crippen LogP contribution in [0.15, 0.2) is 23.3 Å². The smallest absolute Gasteiger partial charge is 0.407 e. The van der Waals surface area contributed by atoms with Crippen LogP contribution in [-0.2, 0) is 11.3 Å². The quantitative estimate of drug-likeness (QED) is 0.257. The Morgan fingerprint density at radius 2 is 1.92 bits per heavy atom. The summed E-state index contributed by atoms with van der Waals surface area (Å²) in [5.74, 6) is 1.19. The Morgan fingerprint density at radius 1 is 1.24 bits per heavy atom. The first kappa shape index (κ1) is 23.2. The highest BCUT2D eigenvalue weighted by Crippen LogP contribution is 2.12. The van der Waals surface area contributed by atoms with Gasteiger partial charge in [0.05, 0.1) is 7.11 Å². The maximum atomic E-state index is 11.5. The third kappa shape index (κ3) is 9.95. The molecule has 0 saturated carbocycles. The molecular weight excluding hydrogens is 437 g/mol. The van der Waals surface area contributed by atoms with E-state index >= 15 is 0 Å². The summed E-state index contributed by atoms with van der Waals surface area (Å²) in [4.78, 5) is 19.8. The summed E-state index contributed by atoms with van der Waals surface area (Å²) < 4.78 is 10.4.